The first kappa shape index (κ1) is 14.8. The molecule has 4 nitrogen and oxygen atoms in total. The number of ether oxygens (including phenoxy) is 1. The third-order valence-electron chi connectivity index (χ3n) is 2.53. The summed E-state index contributed by atoms with van der Waals surface area (Å²) in [5.41, 5.74) is 0. The summed E-state index contributed by atoms with van der Waals surface area (Å²) in [5.74, 6) is 0. The van der Waals surface area contributed by atoms with Crippen LogP contribution in [0.1, 0.15) is 19.8 Å². The van der Waals surface area contributed by atoms with E-state index in [2.05, 4.69) is 36.2 Å². The largest absolute Gasteiger partial charge is 0.378 e. The first-order valence-electron chi connectivity index (χ1n) is 6.39. The van der Waals surface area contributed by atoms with Gasteiger partial charge in [-0.2, -0.15) is 0 Å². The van der Waals surface area contributed by atoms with Crippen molar-refractivity contribution in [3.05, 3.63) is 0 Å². The Morgan fingerprint density at radius 2 is 2.29 bits per heavy atom. The number of thioether (sulfide) groups is 1. The van der Waals surface area contributed by atoms with Crippen LogP contribution in [0.5, 0.6) is 0 Å². The van der Waals surface area contributed by atoms with Crippen LogP contribution < -0.4 is 5.32 Å². The molecule has 0 bridgehead atoms. The van der Waals surface area contributed by atoms with Crippen molar-refractivity contribution in [2.75, 3.05) is 46.9 Å². The number of nitrogens with zero attached hydrogens (tertiary/aromatic N) is 2. The van der Waals surface area contributed by atoms with Gasteiger partial charge >= 0.3 is 0 Å². The number of rotatable bonds is 8. The van der Waals surface area contributed by atoms with Crippen molar-refractivity contribution in [1.29, 1.82) is 0 Å². The zero-order valence-electron chi connectivity index (χ0n) is 11.2. The number of hydrogen-bond acceptors (Lipinski definition) is 5. The van der Waals surface area contributed by atoms with Crippen LogP contribution in [0, 0.1) is 0 Å². The molecule has 0 fully saturated rings. The highest BCUT2D eigenvalue weighted by molar-refractivity contribution is 8.14. The van der Waals surface area contributed by atoms with Crippen LogP contribution in [0.3, 0.4) is 0 Å². The van der Waals surface area contributed by atoms with Gasteiger partial charge in [0.15, 0.2) is 5.17 Å². The first-order chi connectivity index (χ1) is 8.22. The molecule has 1 rings (SSSR count). The number of nitrogens with one attached hydrogen (secondary N) is 1. The third-order valence-corrected chi connectivity index (χ3v) is 3.75. The molecule has 0 spiro atoms. The predicted octanol–water partition coefficient (Wildman–Crippen LogP) is 1.43. The van der Waals surface area contributed by atoms with Crippen molar-refractivity contribution in [2.45, 2.75) is 25.0 Å². The van der Waals surface area contributed by atoms with E-state index in [1.165, 1.54) is 12.8 Å². The maximum Gasteiger partial charge on any atom is 0.157 e. The molecule has 0 aliphatic carbocycles. The van der Waals surface area contributed by atoms with Crippen LogP contribution in [0.15, 0.2) is 4.99 Å². The quantitative estimate of drug-likeness (QED) is 0.669. The van der Waals surface area contributed by atoms with Crippen molar-refractivity contribution in [2.24, 2.45) is 4.99 Å². The van der Waals surface area contributed by atoms with Crippen LogP contribution in [0.4, 0.5) is 0 Å². The molecule has 1 aliphatic heterocycles. The lowest BCUT2D eigenvalue weighted by Crippen LogP contribution is -2.26. The van der Waals surface area contributed by atoms with Gasteiger partial charge in [-0.25, -0.2) is 0 Å². The van der Waals surface area contributed by atoms with Gasteiger partial charge < -0.3 is 15.0 Å². The van der Waals surface area contributed by atoms with E-state index in [4.69, 9.17) is 4.74 Å². The Labute approximate surface area is 109 Å². The predicted molar refractivity (Wildman–Crippen MR) is 76.0 cm³/mol. The maximum absolute atomic E-state index is 5.51. The van der Waals surface area contributed by atoms with E-state index < -0.39 is 0 Å². The molecule has 0 saturated carbocycles. The minimum Gasteiger partial charge on any atom is -0.378 e. The molecule has 0 aromatic rings. The standard InChI is InChI=1S/C12H25N3OS/c1-4-5-11-10-14-12(17-11)13-6-8-16-9-7-15(2)3/h11H,4-10H2,1-3H3,(H,13,14). The van der Waals surface area contributed by atoms with Crippen LogP contribution in [0.2, 0.25) is 0 Å². The third kappa shape index (κ3) is 6.91. The van der Waals surface area contributed by atoms with Gasteiger partial charge in [-0.3, -0.25) is 4.99 Å². The van der Waals surface area contributed by atoms with Crippen LogP contribution >= 0.6 is 11.8 Å². The lowest BCUT2D eigenvalue weighted by molar-refractivity contribution is 0.122. The summed E-state index contributed by atoms with van der Waals surface area (Å²) < 4.78 is 5.51. The molecular weight excluding hydrogens is 234 g/mol. The summed E-state index contributed by atoms with van der Waals surface area (Å²) in [7, 11) is 4.11. The van der Waals surface area contributed by atoms with Gasteiger partial charge in [-0.15, -0.1) is 0 Å². The van der Waals surface area contributed by atoms with Gasteiger partial charge in [0.25, 0.3) is 0 Å². The van der Waals surface area contributed by atoms with Crippen molar-refractivity contribution >= 4 is 16.9 Å². The smallest absolute Gasteiger partial charge is 0.157 e. The van der Waals surface area contributed by atoms with Crippen LogP contribution in [0.25, 0.3) is 0 Å². The zero-order chi connectivity index (χ0) is 12.5. The van der Waals surface area contributed by atoms with Gasteiger partial charge in [0, 0.05) is 18.3 Å². The summed E-state index contributed by atoms with van der Waals surface area (Å²) in [6.45, 7) is 6.60. The SMILES string of the molecule is CCCC1CN=C(NCCOCCN(C)C)S1. The normalized spacial score (nSPS) is 19.8. The van der Waals surface area contributed by atoms with E-state index >= 15 is 0 Å². The van der Waals surface area contributed by atoms with Gasteiger partial charge in [0.1, 0.15) is 0 Å². The van der Waals surface area contributed by atoms with Gasteiger partial charge in [0.05, 0.1) is 19.8 Å². The molecule has 1 aliphatic rings. The Balaban J connectivity index is 1.94. The number of aliphatic imine (C=N–C) groups is 1. The van der Waals surface area contributed by atoms with Crippen molar-refractivity contribution in [1.82, 2.24) is 10.2 Å². The second-order valence-electron chi connectivity index (χ2n) is 4.52. The number of hydrogen-bond donors (Lipinski definition) is 1. The van der Waals surface area contributed by atoms with E-state index in [1.54, 1.807) is 0 Å². The lowest BCUT2D eigenvalue weighted by Gasteiger charge is -2.11. The van der Waals surface area contributed by atoms with E-state index in [0.29, 0.717) is 5.25 Å². The molecule has 0 saturated heterocycles. The minimum atomic E-state index is 0.692. The van der Waals surface area contributed by atoms with Gasteiger partial charge in [0.2, 0.25) is 0 Å². The average molecular weight is 259 g/mol. The summed E-state index contributed by atoms with van der Waals surface area (Å²) in [6, 6.07) is 0. The summed E-state index contributed by atoms with van der Waals surface area (Å²) in [4.78, 5) is 6.61. The molecule has 0 aromatic carbocycles. The molecule has 5 heteroatoms. The molecule has 0 radical (unpaired) electrons. The summed E-state index contributed by atoms with van der Waals surface area (Å²) >= 11 is 1.88. The molecule has 1 unspecified atom stereocenters. The Kier molecular flexibility index (Phi) is 7.64. The highest BCUT2D eigenvalue weighted by Gasteiger charge is 2.17. The monoisotopic (exact) mass is 259 g/mol. The summed E-state index contributed by atoms with van der Waals surface area (Å²) in [6.07, 6.45) is 2.51. The zero-order valence-corrected chi connectivity index (χ0v) is 12.1. The van der Waals surface area contributed by atoms with Gasteiger partial charge in [-0.1, -0.05) is 25.1 Å². The molecule has 1 N–H and O–H groups in total. The van der Waals surface area contributed by atoms with Crippen LogP contribution in [-0.2, 0) is 4.74 Å². The minimum absolute atomic E-state index is 0.692. The fourth-order valence-electron chi connectivity index (χ4n) is 1.57. The van der Waals surface area contributed by atoms with Crippen molar-refractivity contribution in [3.8, 4) is 0 Å². The van der Waals surface area contributed by atoms with Gasteiger partial charge in [-0.05, 0) is 20.5 Å². The number of likely N-dealkylation sites (N-methyl/N-ethyl adjacent to an activating group) is 1. The Morgan fingerprint density at radius 1 is 1.47 bits per heavy atom. The maximum atomic E-state index is 5.51. The first-order valence-corrected chi connectivity index (χ1v) is 7.27. The Bertz CT molecular complexity index is 234. The highest BCUT2D eigenvalue weighted by Crippen LogP contribution is 2.23. The van der Waals surface area contributed by atoms with Crippen molar-refractivity contribution < 1.29 is 4.74 Å². The van der Waals surface area contributed by atoms with E-state index in [0.717, 1.165) is 38.0 Å². The molecule has 100 valence electrons. The second-order valence-corrected chi connectivity index (χ2v) is 5.81. The Morgan fingerprint density at radius 3 is 3.00 bits per heavy atom. The fraction of sp³-hybridized carbons (Fsp3) is 0.917. The van der Waals surface area contributed by atoms with E-state index in [1.807, 2.05) is 11.8 Å². The molecule has 1 atom stereocenters. The molecule has 1 heterocycles. The van der Waals surface area contributed by atoms with Crippen molar-refractivity contribution in [3.63, 3.8) is 0 Å². The lowest BCUT2D eigenvalue weighted by atomic mass is 10.2. The second kappa shape index (κ2) is 8.78. The summed E-state index contributed by atoms with van der Waals surface area (Å²) in [5, 5.41) is 5.12. The fourth-order valence-corrected chi connectivity index (χ4v) is 2.72. The molecular formula is C12H25N3OS. The number of amidine groups is 1. The molecule has 0 amide bonds. The molecule has 17 heavy (non-hydrogen) atoms. The molecule has 0 aromatic heterocycles. The Hall–Kier alpha value is -0.260. The average Bonchev–Trinajstić information content (AvgIpc) is 2.71. The highest BCUT2D eigenvalue weighted by atomic mass is 32.2. The van der Waals surface area contributed by atoms with E-state index in [-0.39, 0.29) is 0 Å². The van der Waals surface area contributed by atoms with E-state index in [9.17, 15) is 0 Å². The van der Waals surface area contributed by atoms with Crippen LogP contribution in [-0.4, -0.2) is 62.3 Å². The topological polar surface area (TPSA) is 36.9 Å².